The van der Waals surface area contributed by atoms with Gasteiger partial charge in [0.25, 0.3) is 0 Å². The molecule has 164 valence electrons. The van der Waals surface area contributed by atoms with E-state index in [4.69, 9.17) is 4.74 Å². The molecule has 0 spiro atoms. The first kappa shape index (κ1) is 24.2. The van der Waals surface area contributed by atoms with Gasteiger partial charge in [-0.05, 0) is 88.8 Å². The third-order valence-electron chi connectivity index (χ3n) is 6.22. The molecule has 29 heavy (non-hydrogen) atoms. The number of nitrogens with zero attached hydrogens (tertiary/aromatic N) is 2. The Labute approximate surface area is 186 Å². The molecule has 0 aromatic heterocycles. The van der Waals surface area contributed by atoms with Crippen LogP contribution in [0.2, 0.25) is 0 Å². The third kappa shape index (κ3) is 9.08. The lowest BCUT2D eigenvalue weighted by Gasteiger charge is -2.34. The Bertz CT molecular complexity index is 585. The van der Waals surface area contributed by atoms with Gasteiger partial charge in [0, 0.05) is 17.6 Å². The molecule has 0 heterocycles. The highest BCUT2D eigenvalue weighted by atomic mass is 79.9. The zero-order valence-corrected chi connectivity index (χ0v) is 20.1. The third-order valence-corrected chi connectivity index (χ3v) is 6.75. The van der Waals surface area contributed by atoms with Crippen LogP contribution >= 0.6 is 15.9 Å². The van der Waals surface area contributed by atoms with Crippen LogP contribution in [-0.2, 0) is 0 Å². The molecule has 4 nitrogen and oxygen atoms in total. The van der Waals surface area contributed by atoms with Crippen molar-refractivity contribution in [2.24, 2.45) is 5.92 Å². The molecule has 1 amide bonds. The standard InChI is InChI=1S/C24H39BrN2O2/c1-4-5-7-18-26(2)19-8-6-9-20-10-14-22(15-11-20)27(3)24(28)29-23-16-12-21(25)13-17-23/h12-13,16-17,20,22H,4-11,14-15,18-19H2,1-3H3/t20-,22-. The highest BCUT2D eigenvalue weighted by Crippen LogP contribution is 2.31. The quantitative estimate of drug-likeness (QED) is 0.338. The number of benzene rings is 1. The van der Waals surface area contributed by atoms with E-state index in [-0.39, 0.29) is 6.09 Å². The lowest BCUT2D eigenvalue weighted by atomic mass is 9.82. The van der Waals surface area contributed by atoms with E-state index >= 15 is 0 Å². The Kier molecular flexibility index (Phi) is 11.1. The molecule has 5 heteroatoms. The fourth-order valence-electron chi connectivity index (χ4n) is 4.20. The van der Waals surface area contributed by atoms with Crippen LogP contribution in [0.5, 0.6) is 5.75 Å². The minimum atomic E-state index is -0.248. The summed E-state index contributed by atoms with van der Waals surface area (Å²) in [6, 6.07) is 7.70. The summed E-state index contributed by atoms with van der Waals surface area (Å²) in [4.78, 5) is 16.7. The summed E-state index contributed by atoms with van der Waals surface area (Å²) in [6.45, 7) is 4.73. The number of hydrogen-bond acceptors (Lipinski definition) is 3. The maximum Gasteiger partial charge on any atom is 0.415 e. The van der Waals surface area contributed by atoms with Gasteiger partial charge in [-0.15, -0.1) is 0 Å². The summed E-state index contributed by atoms with van der Waals surface area (Å²) in [5.41, 5.74) is 0. The van der Waals surface area contributed by atoms with Gasteiger partial charge in [0.15, 0.2) is 0 Å². The molecule has 1 saturated carbocycles. The molecule has 0 aliphatic heterocycles. The molecule has 0 N–H and O–H groups in total. The monoisotopic (exact) mass is 466 g/mol. The Balaban J connectivity index is 1.60. The van der Waals surface area contributed by atoms with Crippen LogP contribution in [-0.4, -0.2) is 49.1 Å². The van der Waals surface area contributed by atoms with Gasteiger partial charge in [-0.2, -0.15) is 0 Å². The van der Waals surface area contributed by atoms with Gasteiger partial charge in [-0.1, -0.05) is 48.5 Å². The molecule has 0 unspecified atom stereocenters. The molecule has 1 fully saturated rings. The number of amides is 1. The van der Waals surface area contributed by atoms with Crippen molar-refractivity contribution < 1.29 is 9.53 Å². The molecule has 2 rings (SSSR count). The van der Waals surface area contributed by atoms with E-state index in [2.05, 4.69) is 34.8 Å². The number of ether oxygens (including phenoxy) is 1. The second kappa shape index (κ2) is 13.3. The fraction of sp³-hybridized carbons (Fsp3) is 0.708. The lowest BCUT2D eigenvalue weighted by Crippen LogP contribution is -2.41. The van der Waals surface area contributed by atoms with E-state index in [0.717, 1.165) is 23.2 Å². The zero-order valence-electron chi connectivity index (χ0n) is 18.5. The highest BCUT2D eigenvalue weighted by molar-refractivity contribution is 9.10. The molecular formula is C24H39BrN2O2. The van der Waals surface area contributed by atoms with Crippen LogP contribution in [0.25, 0.3) is 0 Å². The number of unbranched alkanes of at least 4 members (excludes halogenated alkanes) is 3. The average molecular weight is 467 g/mol. The topological polar surface area (TPSA) is 32.8 Å². The van der Waals surface area contributed by atoms with Gasteiger partial charge in [-0.25, -0.2) is 4.79 Å². The smallest absolute Gasteiger partial charge is 0.410 e. The predicted octanol–water partition coefficient (Wildman–Crippen LogP) is 6.73. The maximum atomic E-state index is 12.4. The average Bonchev–Trinajstić information content (AvgIpc) is 2.73. The summed E-state index contributed by atoms with van der Waals surface area (Å²) >= 11 is 3.40. The molecule has 0 radical (unpaired) electrons. The van der Waals surface area contributed by atoms with E-state index in [9.17, 15) is 4.79 Å². The second-order valence-corrected chi connectivity index (χ2v) is 9.53. The van der Waals surface area contributed by atoms with Crippen molar-refractivity contribution in [3.8, 4) is 5.75 Å². The van der Waals surface area contributed by atoms with Crippen molar-refractivity contribution in [2.45, 2.75) is 77.2 Å². The number of halogens is 1. The van der Waals surface area contributed by atoms with Gasteiger partial charge in [-0.3, -0.25) is 0 Å². The lowest BCUT2D eigenvalue weighted by molar-refractivity contribution is 0.123. The maximum absolute atomic E-state index is 12.4. The van der Waals surface area contributed by atoms with Gasteiger partial charge in [0.2, 0.25) is 0 Å². The largest absolute Gasteiger partial charge is 0.415 e. The van der Waals surface area contributed by atoms with E-state index in [0.29, 0.717) is 11.8 Å². The van der Waals surface area contributed by atoms with Gasteiger partial charge >= 0.3 is 6.09 Å². The van der Waals surface area contributed by atoms with Crippen molar-refractivity contribution in [1.82, 2.24) is 9.80 Å². The Morgan fingerprint density at radius 2 is 1.62 bits per heavy atom. The Hall–Kier alpha value is -1.07. The number of hydrogen-bond donors (Lipinski definition) is 0. The first-order valence-corrected chi connectivity index (χ1v) is 12.2. The van der Waals surface area contributed by atoms with E-state index in [1.807, 2.05) is 31.3 Å². The second-order valence-electron chi connectivity index (χ2n) is 8.61. The number of carbonyl (C=O) groups is 1. The van der Waals surface area contributed by atoms with E-state index in [1.165, 1.54) is 64.5 Å². The zero-order chi connectivity index (χ0) is 21.1. The molecular weight excluding hydrogens is 428 g/mol. The Morgan fingerprint density at radius 1 is 1.00 bits per heavy atom. The molecule has 1 aromatic rings. The van der Waals surface area contributed by atoms with Crippen molar-refractivity contribution in [3.63, 3.8) is 0 Å². The van der Waals surface area contributed by atoms with Crippen molar-refractivity contribution in [2.75, 3.05) is 27.2 Å². The summed E-state index contributed by atoms with van der Waals surface area (Å²) < 4.78 is 6.49. The fourth-order valence-corrected chi connectivity index (χ4v) is 4.47. The van der Waals surface area contributed by atoms with Crippen LogP contribution in [0.1, 0.15) is 71.1 Å². The summed E-state index contributed by atoms with van der Waals surface area (Å²) in [7, 11) is 4.13. The predicted molar refractivity (Wildman–Crippen MR) is 125 cm³/mol. The van der Waals surface area contributed by atoms with Crippen LogP contribution in [0.4, 0.5) is 4.79 Å². The molecule has 0 bridgehead atoms. The van der Waals surface area contributed by atoms with Crippen LogP contribution in [0.3, 0.4) is 0 Å². The molecule has 1 aliphatic rings. The van der Waals surface area contributed by atoms with Crippen molar-refractivity contribution in [1.29, 1.82) is 0 Å². The van der Waals surface area contributed by atoms with Crippen LogP contribution in [0, 0.1) is 5.92 Å². The first-order valence-electron chi connectivity index (χ1n) is 11.4. The van der Waals surface area contributed by atoms with E-state index < -0.39 is 0 Å². The normalized spacial score (nSPS) is 19.3. The molecule has 0 atom stereocenters. The first-order chi connectivity index (χ1) is 14.0. The minimum Gasteiger partial charge on any atom is -0.410 e. The number of rotatable bonds is 11. The summed E-state index contributed by atoms with van der Waals surface area (Å²) in [5.74, 6) is 1.42. The SMILES string of the molecule is CCCCCN(C)CCCC[C@H]1CC[C@H](N(C)C(=O)Oc2ccc(Br)cc2)CC1. The van der Waals surface area contributed by atoms with Gasteiger partial charge in [0.05, 0.1) is 0 Å². The van der Waals surface area contributed by atoms with Crippen molar-refractivity contribution >= 4 is 22.0 Å². The summed E-state index contributed by atoms with van der Waals surface area (Å²) in [6.07, 6.45) is 12.3. The summed E-state index contributed by atoms with van der Waals surface area (Å²) in [5, 5.41) is 0. The van der Waals surface area contributed by atoms with E-state index in [1.54, 1.807) is 4.90 Å². The van der Waals surface area contributed by atoms with Gasteiger partial charge < -0.3 is 14.5 Å². The van der Waals surface area contributed by atoms with Crippen molar-refractivity contribution in [3.05, 3.63) is 28.7 Å². The Morgan fingerprint density at radius 3 is 2.24 bits per heavy atom. The van der Waals surface area contributed by atoms with Gasteiger partial charge in [0.1, 0.15) is 5.75 Å². The molecule has 1 aliphatic carbocycles. The molecule has 0 saturated heterocycles. The van der Waals surface area contributed by atoms with Crippen LogP contribution in [0.15, 0.2) is 28.7 Å². The highest BCUT2D eigenvalue weighted by Gasteiger charge is 2.27. The minimum absolute atomic E-state index is 0.248. The number of carbonyl (C=O) groups excluding carboxylic acids is 1. The molecule has 1 aromatic carbocycles. The van der Waals surface area contributed by atoms with Crippen LogP contribution < -0.4 is 4.74 Å².